The highest BCUT2D eigenvalue weighted by Gasteiger charge is 2.19. The topological polar surface area (TPSA) is 35.8 Å². The Morgan fingerprint density at radius 3 is 2.32 bits per heavy atom. The van der Waals surface area contributed by atoms with Crippen molar-refractivity contribution >= 4 is 0 Å². The van der Waals surface area contributed by atoms with Crippen LogP contribution in [0, 0.1) is 28.6 Å². The maximum absolute atomic E-state index is 8.94. The number of unbranched alkanes of at least 4 members (excludes halogenated alkanes) is 1. The van der Waals surface area contributed by atoms with Crippen molar-refractivity contribution in [3.8, 4) is 6.07 Å². The van der Waals surface area contributed by atoms with Gasteiger partial charge < -0.3 is 5.32 Å². The summed E-state index contributed by atoms with van der Waals surface area (Å²) in [5, 5.41) is 12.6. The third-order valence-corrected chi connectivity index (χ3v) is 4.68. The second kappa shape index (κ2) is 8.59. The molecule has 1 aliphatic rings. The van der Waals surface area contributed by atoms with E-state index in [0.29, 0.717) is 0 Å². The molecule has 2 nitrogen and oxygen atoms in total. The van der Waals surface area contributed by atoms with Gasteiger partial charge in [-0.15, -0.1) is 0 Å². The van der Waals surface area contributed by atoms with Crippen molar-refractivity contribution in [1.29, 1.82) is 5.26 Å². The summed E-state index contributed by atoms with van der Waals surface area (Å²) in [5.41, 5.74) is -0.140. The van der Waals surface area contributed by atoms with Crippen LogP contribution in [0.4, 0.5) is 0 Å². The lowest BCUT2D eigenvalue weighted by atomic mass is 9.81. The lowest BCUT2D eigenvalue weighted by Gasteiger charge is -2.28. The van der Waals surface area contributed by atoms with Gasteiger partial charge in [-0.2, -0.15) is 5.26 Å². The Labute approximate surface area is 120 Å². The first-order valence-corrected chi connectivity index (χ1v) is 8.19. The van der Waals surface area contributed by atoms with Crippen LogP contribution in [-0.4, -0.2) is 13.1 Å². The molecule has 0 heterocycles. The van der Waals surface area contributed by atoms with E-state index in [0.717, 1.165) is 31.2 Å². The fourth-order valence-electron chi connectivity index (χ4n) is 3.02. The molecule has 0 aromatic rings. The summed E-state index contributed by atoms with van der Waals surface area (Å²) in [6.45, 7) is 8.72. The fraction of sp³-hybridized carbons (Fsp3) is 0.941. The van der Waals surface area contributed by atoms with Crippen LogP contribution in [0.1, 0.15) is 72.1 Å². The van der Waals surface area contributed by atoms with Gasteiger partial charge in [-0.1, -0.05) is 32.6 Å². The highest BCUT2D eigenvalue weighted by atomic mass is 14.9. The summed E-state index contributed by atoms with van der Waals surface area (Å²) < 4.78 is 0. The molecule has 1 fully saturated rings. The number of rotatable bonds is 8. The Bertz CT molecular complexity index is 269. The highest BCUT2D eigenvalue weighted by molar-refractivity contribution is 4.91. The molecule has 0 spiro atoms. The monoisotopic (exact) mass is 264 g/mol. The normalized spacial score (nSPS) is 24.1. The van der Waals surface area contributed by atoms with Crippen LogP contribution in [0.25, 0.3) is 0 Å². The molecule has 19 heavy (non-hydrogen) atoms. The number of nitrogens with zero attached hydrogens (tertiary/aromatic N) is 1. The number of nitrogens with one attached hydrogen (secondary N) is 1. The predicted octanol–water partition coefficient (Wildman–Crippen LogP) is 4.51. The van der Waals surface area contributed by atoms with E-state index >= 15 is 0 Å². The zero-order valence-electron chi connectivity index (χ0n) is 13.2. The van der Waals surface area contributed by atoms with Crippen molar-refractivity contribution in [2.45, 2.75) is 72.1 Å². The number of hydrogen-bond donors (Lipinski definition) is 1. The summed E-state index contributed by atoms with van der Waals surface area (Å²) >= 11 is 0. The van der Waals surface area contributed by atoms with E-state index < -0.39 is 0 Å². The Morgan fingerprint density at radius 2 is 1.74 bits per heavy atom. The van der Waals surface area contributed by atoms with Crippen LogP contribution in [0.3, 0.4) is 0 Å². The van der Waals surface area contributed by atoms with Gasteiger partial charge in [0.2, 0.25) is 0 Å². The third-order valence-electron chi connectivity index (χ3n) is 4.68. The first-order valence-electron chi connectivity index (χ1n) is 8.19. The molecule has 0 aromatic heterocycles. The van der Waals surface area contributed by atoms with Gasteiger partial charge in [0.15, 0.2) is 0 Å². The van der Waals surface area contributed by atoms with Gasteiger partial charge in [-0.3, -0.25) is 0 Å². The van der Waals surface area contributed by atoms with Crippen LogP contribution in [0.15, 0.2) is 0 Å². The Balaban J connectivity index is 1.96. The highest BCUT2D eigenvalue weighted by Crippen LogP contribution is 2.30. The van der Waals surface area contributed by atoms with Crippen LogP contribution < -0.4 is 5.32 Å². The van der Waals surface area contributed by atoms with E-state index in [9.17, 15) is 0 Å². The van der Waals surface area contributed by atoms with Crippen LogP contribution in [0.5, 0.6) is 0 Å². The summed E-state index contributed by atoms with van der Waals surface area (Å²) in [5.74, 6) is 1.92. The quantitative estimate of drug-likeness (QED) is 0.655. The van der Waals surface area contributed by atoms with Gasteiger partial charge in [-0.25, -0.2) is 0 Å². The molecule has 0 saturated heterocycles. The van der Waals surface area contributed by atoms with Crippen LogP contribution in [-0.2, 0) is 0 Å². The summed E-state index contributed by atoms with van der Waals surface area (Å²) in [6, 6.07) is 2.37. The average molecular weight is 264 g/mol. The van der Waals surface area contributed by atoms with Crippen molar-refractivity contribution < 1.29 is 0 Å². The number of nitriles is 1. The molecule has 1 saturated carbocycles. The molecule has 110 valence electrons. The van der Waals surface area contributed by atoms with E-state index in [4.69, 9.17) is 5.26 Å². The van der Waals surface area contributed by atoms with Crippen molar-refractivity contribution in [2.75, 3.05) is 13.1 Å². The first kappa shape index (κ1) is 16.5. The summed E-state index contributed by atoms with van der Waals surface area (Å²) in [7, 11) is 0. The Kier molecular flexibility index (Phi) is 7.46. The van der Waals surface area contributed by atoms with E-state index in [1.165, 1.54) is 45.1 Å². The van der Waals surface area contributed by atoms with Crippen molar-refractivity contribution in [3.63, 3.8) is 0 Å². The maximum Gasteiger partial charge on any atom is 0.0683 e. The van der Waals surface area contributed by atoms with E-state index in [-0.39, 0.29) is 5.41 Å². The van der Waals surface area contributed by atoms with Gasteiger partial charge in [0, 0.05) is 0 Å². The summed E-state index contributed by atoms with van der Waals surface area (Å²) in [4.78, 5) is 0. The molecular weight excluding hydrogens is 232 g/mol. The molecule has 0 amide bonds. The van der Waals surface area contributed by atoms with E-state index in [2.05, 4.69) is 18.3 Å². The fourth-order valence-corrected chi connectivity index (χ4v) is 3.02. The van der Waals surface area contributed by atoms with Gasteiger partial charge in [-0.05, 0) is 64.5 Å². The minimum Gasteiger partial charge on any atom is -0.316 e. The Hall–Kier alpha value is -0.550. The third kappa shape index (κ3) is 6.97. The minimum absolute atomic E-state index is 0.140. The number of hydrogen-bond acceptors (Lipinski definition) is 2. The Morgan fingerprint density at radius 1 is 1.11 bits per heavy atom. The van der Waals surface area contributed by atoms with Gasteiger partial charge in [0.1, 0.15) is 0 Å². The second-order valence-corrected chi connectivity index (χ2v) is 6.95. The van der Waals surface area contributed by atoms with Crippen LogP contribution in [0.2, 0.25) is 0 Å². The molecule has 1 N–H and O–H groups in total. The van der Waals surface area contributed by atoms with Gasteiger partial charge >= 0.3 is 0 Å². The SMILES string of the molecule is CCC1CCC(CNCCCCC(C)(C)C#N)CC1. The first-order chi connectivity index (χ1) is 9.07. The minimum atomic E-state index is -0.140. The smallest absolute Gasteiger partial charge is 0.0683 e. The van der Waals surface area contributed by atoms with Gasteiger partial charge in [0.25, 0.3) is 0 Å². The molecule has 0 bridgehead atoms. The van der Waals surface area contributed by atoms with E-state index in [1.807, 2.05) is 13.8 Å². The molecule has 1 aliphatic carbocycles. The van der Waals surface area contributed by atoms with Crippen molar-refractivity contribution in [1.82, 2.24) is 5.32 Å². The van der Waals surface area contributed by atoms with Gasteiger partial charge in [0.05, 0.1) is 11.5 Å². The van der Waals surface area contributed by atoms with Crippen molar-refractivity contribution in [3.05, 3.63) is 0 Å². The molecule has 0 radical (unpaired) electrons. The maximum atomic E-state index is 8.94. The summed E-state index contributed by atoms with van der Waals surface area (Å²) in [6.07, 6.45) is 10.5. The largest absolute Gasteiger partial charge is 0.316 e. The lowest BCUT2D eigenvalue weighted by Crippen LogP contribution is -2.27. The average Bonchev–Trinajstić information content (AvgIpc) is 2.43. The standard InChI is InChI=1S/C17H32N2/c1-4-15-7-9-16(10-8-15)13-19-12-6-5-11-17(2,3)14-18/h15-16,19H,4-13H2,1-3H3. The molecule has 2 heteroatoms. The molecule has 1 rings (SSSR count). The van der Waals surface area contributed by atoms with E-state index in [1.54, 1.807) is 0 Å². The molecule has 0 unspecified atom stereocenters. The molecule has 0 aromatic carbocycles. The van der Waals surface area contributed by atoms with Crippen LogP contribution >= 0.6 is 0 Å². The zero-order valence-corrected chi connectivity index (χ0v) is 13.2. The molecule has 0 aliphatic heterocycles. The van der Waals surface area contributed by atoms with Crippen molar-refractivity contribution in [2.24, 2.45) is 17.3 Å². The molecular formula is C17H32N2. The second-order valence-electron chi connectivity index (χ2n) is 6.95. The molecule has 0 atom stereocenters. The zero-order chi connectivity index (χ0) is 14.1. The predicted molar refractivity (Wildman–Crippen MR) is 81.9 cm³/mol. The lowest BCUT2D eigenvalue weighted by molar-refractivity contribution is 0.262.